The number of hydrogen-bond donors (Lipinski definition) is 0. The minimum Gasteiger partial charge on any atom is -0.501 e. The van der Waals surface area contributed by atoms with E-state index in [-0.39, 0.29) is 0 Å². The smallest absolute Gasteiger partial charge is 0.0986 e. The molecule has 0 bridgehead atoms. The summed E-state index contributed by atoms with van der Waals surface area (Å²) < 4.78 is 8.04. The third kappa shape index (κ3) is 2.84. The molecule has 1 unspecified atom stereocenters. The highest BCUT2D eigenvalue weighted by Crippen LogP contribution is 2.42. The first kappa shape index (κ1) is 17.8. The number of benzene rings is 1. The van der Waals surface area contributed by atoms with Crippen LogP contribution in [0.2, 0.25) is 5.02 Å². The van der Waals surface area contributed by atoms with E-state index in [1.165, 1.54) is 45.8 Å². The molecule has 5 rings (SSSR count). The van der Waals surface area contributed by atoms with Gasteiger partial charge in [0, 0.05) is 40.0 Å². The maximum absolute atomic E-state index is 6.61. The Hall–Kier alpha value is -2.26. The highest BCUT2D eigenvalue weighted by atomic mass is 35.5. The van der Waals surface area contributed by atoms with E-state index < -0.39 is 0 Å². The summed E-state index contributed by atoms with van der Waals surface area (Å²) in [6.45, 7) is 5.39. The van der Waals surface area contributed by atoms with Gasteiger partial charge >= 0.3 is 0 Å². The van der Waals surface area contributed by atoms with Gasteiger partial charge < -0.3 is 9.30 Å². The molecule has 3 aromatic rings. The Kier molecular flexibility index (Phi) is 4.24. The van der Waals surface area contributed by atoms with Gasteiger partial charge in [0.15, 0.2) is 0 Å². The van der Waals surface area contributed by atoms with Crippen molar-refractivity contribution in [2.45, 2.75) is 39.7 Å². The Bertz CT molecular complexity index is 1150. The number of nitrogens with zero attached hydrogens (tertiary/aromatic N) is 2. The van der Waals surface area contributed by atoms with Gasteiger partial charge in [0.05, 0.1) is 29.6 Å². The van der Waals surface area contributed by atoms with Crippen molar-refractivity contribution in [3.63, 3.8) is 0 Å². The summed E-state index contributed by atoms with van der Waals surface area (Å²) in [6, 6.07) is 6.39. The molecule has 3 nitrogen and oxygen atoms in total. The van der Waals surface area contributed by atoms with E-state index in [0.717, 1.165) is 35.4 Å². The van der Waals surface area contributed by atoms with Crippen molar-refractivity contribution < 1.29 is 4.74 Å². The first-order chi connectivity index (χ1) is 13.6. The van der Waals surface area contributed by atoms with Crippen LogP contribution in [-0.2, 0) is 11.3 Å². The number of aromatic nitrogens is 2. The summed E-state index contributed by atoms with van der Waals surface area (Å²) in [7, 11) is 1.75. The molecule has 0 amide bonds. The van der Waals surface area contributed by atoms with Gasteiger partial charge in [0.25, 0.3) is 0 Å². The number of pyridine rings is 1. The van der Waals surface area contributed by atoms with Gasteiger partial charge in [0.2, 0.25) is 0 Å². The Morgan fingerprint density at radius 3 is 2.71 bits per heavy atom. The van der Waals surface area contributed by atoms with Crippen molar-refractivity contribution >= 4 is 39.0 Å². The van der Waals surface area contributed by atoms with Crippen molar-refractivity contribution in [2.24, 2.45) is 11.8 Å². The minimum absolute atomic E-state index is 0.365. The van der Waals surface area contributed by atoms with E-state index >= 15 is 0 Å². The molecule has 2 aromatic heterocycles. The molecule has 1 fully saturated rings. The second-order valence-corrected chi connectivity index (χ2v) is 8.70. The second kappa shape index (κ2) is 6.66. The molecule has 28 heavy (non-hydrogen) atoms. The number of rotatable bonds is 4. The quantitative estimate of drug-likeness (QED) is 0.505. The van der Waals surface area contributed by atoms with Crippen molar-refractivity contribution in [1.82, 2.24) is 9.55 Å². The molecule has 0 spiro atoms. The monoisotopic (exact) mass is 392 g/mol. The summed E-state index contributed by atoms with van der Waals surface area (Å²) in [5.41, 5.74) is 6.22. The molecule has 2 aliphatic rings. The summed E-state index contributed by atoms with van der Waals surface area (Å²) in [5, 5.41) is 3.28. The highest BCUT2D eigenvalue weighted by molar-refractivity contribution is 6.32. The zero-order chi connectivity index (χ0) is 19.4. The van der Waals surface area contributed by atoms with Crippen molar-refractivity contribution in [1.29, 1.82) is 0 Å². The largest absolute Gasteiger partial charge is 0.501 e. The predicted molar refractivity (Wildman–Crippen MR) is 117 cm³/mol. The summed E-state index contributed by atoms with van der Waals surface area (Å²) in [6.07, 6.45) is 9.82. The average molecular weight is 393 g/mol. The first-order valence-corrected chi connectivity index (χ1v) is 10.5. The number of methoxy groups -OCH3 is 1. The molecule has 0 radical (unpaired) electrons. The summed E-state index contributed by atoms with van der Waals surface area (Å²) in [4.78, 5) is 4.59. The normalized spacial score (nSPS) is 19.8. The third-order valence-electron chi connectivity index (χ3n) is 6.19. The second-order valence-electron chi connectivity index (χ2n) is 8.27. The lowest BCUT2D eigenvalue weighted by Gasteiger charge is -2.22. The van der Waals surface area contributed by atoms with Gasteiger partial charge in [-0.25, -0.2) is 0 Å². The lowest BCUT2D eigenvalue weighted by molar-refractivity contribution is 0.247. The number of ether oxygens (including phenoxy) is 1. The molecule has 4 heteroatoms. The maximum atomic E-state index is 6.61. The van der Waals surface area contributed by atoms with Crippen LogP contribution in [0.25, 0.3) is 27.4 Å². The number of aryl methyl sites for hydroxylation is 1. The van der Waals surface area contributed by atoms with Crippen molar-refractivity contribution in [3.05, 3.63) is 58.6 Å². The molecule has 2 heterocycles. The fourth-order valence-corrected chi connectivity index (χ4v) is 4.84. The van der Waals surface area contributed by atoms with E-state index in [1.54, 1.807) is 7.11 Å². The number of allylic oxidation sites excluding steroid dienone is 4. The van der Waals surface area contributed by atoms with E-state index in [1.807, 2.05) is 6.20 Å². The zero-order valence-electron chi connectivity index (χ0n) is 16.6. The first-order valence-electron chi connectivity index (χ1n) is 10.1. The summed E-state index contributed by atoms with van der Waals surface area (Å²) in [5.74, 6) is 2.19. The lowest BCUT2D eigenvalue weighted by atomic mass is 9.89. The number of halogens is 1. The van der Waals surface area contributed by atoms with E-state index in [9.17, 15) is 0 Å². The van der Waals surface area contributed by atoms with Crippen LogP contribution in [0.1, 0.15) is 37.4 Å². The van der Waals surface area contributed by atoms with Crippen LogP contribution < -0.4 is 0 Å². The van der Waals surface area contributed by atoms with Crippen LogP contribution >= 0.6 is 11.6 Å². The molecule has 144 valence electrons. The molecule has 0 aliphatic heterocycles. The van der Waals surface area contributed by atoms with Crippen LogP contribution in [0, 0.1) is 18.8 Å². The van der Waals surface area contributed by atoms with Crippen LogP contribution in [0.3, 0.4) is 0 Å². The molecule has 1 atom stereocenters. The fourth-order valence-electron chi connectivity index (χ4n) is 4.62. The van der Waals surface area contributed by atoms with Gasteiger partial charge in [-0.05, 0) is 62.0 Å². The van der Waals surface area contributed by atoms with Crippen molar-refractivity contribution in [3.8, 4) is 0 Å². The molecule has 1 aromatic carbocycles. The Morgan fingerprint density at radius 2 is 2.00 bits per heavy atom. The van der Waals surface area contributed by atoms with E-state index in [4.69, 9.17) is 16.3 Å². The van der Waals surface area contributed by atoms with E-state index in [2.05, 4.69) is 53.7 Å². The van der Waals surface area contributed by atoms with Gasteiger partial charge in [0.1, 0.15) is 0 Å². The van der Waals surface area contributed by atoms with Gasteiger partial charge in [-0.15, -0.1) is 0 Å². The van der Waals surface area contributed by atoms with Gasteiger partial charge in [-0.3, -0.25) is 4.98 Å². The molecule has 1 saturated carbocycles. The zero-order valence-corrected chi connectivity index (χ0v) is 17.4. The average Bonchev–Trinajstić information content (AvgIpc) is 3.44. The standard InChI is InChI=1S/C24H25ClN2O/c1-14-10-17(6-7-22(14)28-3)20-11-18(25)12-21-19-8-9-26-15(2)23(19)27(24(20)21)13-16-4-5-16/h6-9,11-12,14,16H,4-5,10,13H2,1-3H3. The lowest BCUT2D eigenvalue weighted by Crippen LogP contribution is -2.08. The van der Waals surface area contributed by atoms with E-state index in [0.29, 0.717) is 5.92 Å². The topological polar surface area (TPSA) is 27.1 Å². The van der Waals surface area contributed by atoms with Crippen molar-refractivity contribution in [2.75, 3.05) is 7.11 Å². The van der Waals surface area contributed by atoms with Gasteiger partial charge in [-0.2, -0.15) is 0 Å². The molecule has 0 saturated heterocycles. The van der Waals surface area contributed by atoms with Crippen LogP contribution in [-0.4, -0.2) is 16.7 Å². The molecular formula is C24H25ClN2O. The predicted octanol–water partition coefficient (Wildman–Crippen LogP) is 6.51. The van der Waals surface area contributed by atoms with Gasteiger partial charge in [-0.1, -0.05) is 24.6 Å². The highest BCUT2D eigenvalue weighted by Gasteiger charge is 2.27. The van der Waals surface area contributed by atoms with Crippen LogP contribution in [0.4, 0.5) is 0 Å². The fraction of sp³-hybridized carbons (Fsp3) is 0.375. The summed E-state index contributed by atoms with van der Waals surface area (Å²) >= 11 is 6.61. The molecule has 0 N–H and O–H groups in total. The Morgan fingerprint density at radius 1 is 1.18 bits per heavy atom. The molecule has 2 aliphatic carbocycles. The molecular weight excluding hydrogens is 368 g/mol. The Balaban J connectivity index is 1.83. The number of hydrogen-bond acceptors (Lipinski definition) is 2. The number of fused-ring (bicyclic) bond motifs is 3. The Labute approximate surface area is 170 Å². The van der Waals surface area contributed by atoms with Crippen LogP contribution in [0.15, 0.2) is 42.3 Å². The SMILES string of the molecule is COC1=CC=C(c2cc(Cl)cc3c4ccnc(C)c4n(CC4CC4)c23)CC1C. The van der Waals surface area contributed by atoms with Crippen LogP contribution in [0.5, 0.6) is 0 Å². The minimum atomic E-state index is 0.365. The maximum Gasteiger partial charge on any atom is 0.0986 e. The third-order valence-corrected chi connectivity index (χ3v) is 6.41.